The van der Waals surface area contributed by atoms with Crippen molar-refractivity contribution in [3.8, 4) is 6.07 Å². The Morgan fingerprint density at radius 3 is 2.61 bits per heavy atom. The van der Waals surface area contributed by atoms with Crippen molar-refractivity contribution >= 4 is 11.8 Å². The number of nitriles is 1. The van der Waals surface area contributed by atoms with Crippen molar-refractivity contribution in [2.75, 3.05) is 5.32 Å². The summed E-state index contributed by atoms with van der Waals surface area (Å²) in [6.07, 6.45) is -3.17. The van der Waals surface area contributed by atoms with Crippen LogP contribution in [0.1, 0.15) is 12.5 Å². The molecule has 1 atom stereocenters. The van der Waals surface area contributed by atoms with E-state index in [4.69, 9.17) is 10.4 Å². The molecule has 96 valence electrons. The highest BCUT2D eigenvalue weighted by atomic mass is 19.4. The zero-order valence-electron chi connectivity index (χ0n) is 8.99. The zero-order chi connectivity index (χ0) is 14.0. The van der Waals surface area contributed by atoms with Gasteiger partial charge < -0.3 is 10.4 Å². The number of nitrogens with zero attached hydrogens (tertiary/aromatic N) is 3. The summed E-state index contributed by atoms with van der Waals surface area (Å²) in [6, 6.07) is 1.56. The largest absolute Gasteiger partial charge is 0.479 e. The van der Waals surface area contributed by atoms with Gasteiger partial charge in [-0.2, -0.15) is 18.4 Å². The fourth-order valence-electron chi connectivity index (χ4n) is 0.993. The average molecular weight is 260 g/mol. The second-order valence-electron chi connectivity index (χ2n) is 3.45. The van der Waals surface area contributed by atoms with Crippen molar-refractivity contribution in [1.82, 2.24) is 9.97 Å². The molecule has 18 heavy (non-hydrogen) atoms. The number of carboxylic acids is 1. The van der Waals surface area contributed by atoms with Crippen LogP contribution >= 0.6 is 0 Å². The standard InChI is InChI=1S/C9H7F3N4O2/c1-8(7(17)18,9(10,11)12)16-6-5(2-13)3-14-4-15-6/h3-4H,1H3,(H,17,18)(H,14,15,16). The van der Waals surface area contributed by atoms with Crippen LogP contribution in [-0.4, -0.2) is 32.8 Å². The van der Waals surface area contributed by atoms with Crippen LogP contribution in [0.25, 0.3) is 0 Å². The number of rotatable bonds is 3. The van der Waals surface area contributed by atoms with Crippen molar-refractivity contribution in [2.24, 2.45) is 0 Å². The second-order valence-corrected chi connectivity index (χ2v) is 3.45. The van der Waals surface area contributed by atoms with Crippen molar-refractivity contribution in [2.45, 2.75) is 18.6 Å². The number of carboxylic acid groups (broad SMARTS) is 1. The molecule has 1 rings (SSSR count). The number of hydrogen-bond donors (Lipinski definition) is 2. The van der Waals surface area contributed by atoms with Gasteiger partial charge >= 0.3 is 12.1 Å². The van der Waals surface area contributed by atoms with E-state index in [-0.39, 0.29) is 5.56 Å². The molecular weight excluding hydrogens is 253 g/mol. The van der Waals surface area contributed by atoms with Crippen molar-refractivity contribution in [1.29, 1.82) is 5.26 Å². The minimum absolute atomic E-state index is 0.283. The zero-order valence-corrected chi connectivity index (χ0v) is 8.99. The molecule has 6 nitrogen and oxygen atoms in total. The molecule has 0 aliphatic carbocycles. The smallest absolute Gasteiger partial charge is 0.422 e. The maximum atomic E-state index is 12.7. The second kappa shape index (κ2) is 4.48. The summed E-state index contributed by atoms with van der Waals surface area (Å²) in [5.74, 6) is -2.62. The Labute approximate surface area is 99.1 Å². The molecule has 0 bridgehead atoms. The minimum atomic E-state index is -5.06. The summed E-state index contributed by atoms with van der Waals surface area (Å²) in [7, 11) is 0. The first kappa shape index (κ1) is 13.7. The molecule has 2 N–H and O–H groups in total. The molecule has 0 spiro atoms. The molecule has 1 aromatic rings. The number of nitrogens with one attached hydrogen (secondary N) is 1. The summed E-state index contributed by atoms with van der Waals surface area (Å²) in [4.78, 5) is 17.6. The first-order chi connectivity index (χ1) is 8.22. The molecule has 0 saturated heterocycles. The molecule has 0 fully saturated rings. The van der Waals surface area contributed by atoms with Gasteiger partial charge in [-0.05, 0) is 6.92 Å². The highest BCUT2D eigenvalue weighted by Crippen LogP contribution is 2.33. The van der Waals surface area contributed by atoms with Crippen LogP contribution in [0.15, 0.2) is 12.5 Å². The predicted octanol–water partition coefficient (Wildman–Crippen LogP) is 1.17. The van der Waals surface area contributed by atoms with Gasteiger partial charge in [0.25, 0.3) is 0 Å². The lowest BCUT2D eigenvalue weighted by atomic mass is 10.0. The predicted molar refractivity (Wildman–Crippen MR) is 52.5 cm³/mol. The van der Waals surface area contributed by atoms with Gasteiger partial charge in [0.2, 0.25) is 5.54 Å². The fourth-order valence-corrected chi connectivity index (χ4v) is 0.993. The molecule has 0 radical (unpaired) electrons. The first-order valence-electron chi connectivity index (χ1n) is 4.51. The number of aromatic nitrogens is 2. The summed E-state index contributed by atoms with van der Waals surface area (Å²) >= 11 is 0. The number of halogens is 3. The molecule has 0 amide bonds. The van der Waals surface area contributed by atoms with E-state index in [0.717, 1.165) is 12.5 Å². The normalized spacial score (nSPS) is 14.4. The first-order valence-corrected chi connectivity index (χ1v) is 4.51. The third-order valence-corrected chi connectivity index (χ3v) is 2.20. The summed E-state index contributed by atoms with van der Waals surface area (Å²) in [6.45, 7) is 0.443. The lowest BCUT2D eigenvalue weighted by Crippen LogP contribution is -2.55. The minimum Gasteiger partial charge on any atom is -0.479 e. The molecule has 0 aliphatic rings. The maximum absolute atomic E-state index is 12.7. The third-order valence-electron chi connectivity index (χ3n) is 2.20. The fraction of sp³-hybridized carbons (Fsp3) is 0.333. The Hall–Kier alpha value is -2.37. The third kappa shape index (κ3) is 2.32. The van der Waals surface area contributed by atoms with Gasteiger partial charge in [0.05, 0.1) is 6.20 Å². The topological polar surface area (TPSA) is 98.9 Å². The number of hydrogen-bond acceptors (Lipinski definition) is 5. The summed E-state index contributed by atoms with van der Waals surface area (Å²) in [5, 5.41) is 19.1. The van der Waals surface area contributed by atoms with Crippen molar-refractivity contribution in [3.05, 3.63) is 18.1 Å². The lowest BCUT2D eigenvalue weighted by Gasteiger charge is -2.29. The Morgan fingerprint density at radius 1 is 1.56 bits per heavy atom. The Balaban J connectivity index is 3.22. The Bertz CT molecular complexity index is 511. The van der Waals surface area contributed by atoms with Crippen LogP contribution in [0, 0.1) is 11.3 Å². The number of alkyl halides is 3. The molecule has 0 aliphatic heterocycles. The van der Waals surface area contributed by atoms with E-state index in [9.17, 15) is 18.0 Å². The van der Waals surface area contributed by atoms with E-state index in [2.05, 4.69) is 9.97 Å². The van der Waals surface area contributed by atoms with E-state index < -0.39 is 23.5 Å². The number of carbonyl (C=O) groups is 1. The van der Waals surface area contributed by atoms with Gasteiger partial charge in [-0.1, -0.05) is 0 Å². The van der Waals surface area contributed by atoms with E-state index in [1.54, 1.807) is 11.4 Å². The molecule has 0 aromatic carbocycles. The highest BCUT2D eigenvalue weighted by molar-refractivity contribution is 5.83. The average Bonchev–Trinajstić information content (AvgIpc) is 2.27. The Morgan fingerprint density at radius 2 is 2.17 bits per heavy atom. The molecule has 1 unspecified atom stereocenters. The number of anilines is 1. The van der Waals surface area contributed by atoms with Crippen LogP contribution in [0.5, 0.6) is 0 Å². The van der Waals surface area contributed by atoms with E-state index in [1.807, 2.05) is 0 Å². The molecule has 9 heteroatoms. The summed E-state index contributed by atoms with van der Waals surface area (Å²) in [5.41, 5.74) is -3.53. The molecule has 0 saturated carbocycles. The maximum Gasteiger partial charge on any atom is 0.422 e. The van der Waals surface area contributed by atoms with Crippen molar-refractivity contribution in [3.63, 3.8) is 0 Å². The molecule has 1 heterocycles. The van der Waals surface area contributed by atoms with Crippen LogP contribution in [0.3, 0.4) is 0 Å². The van der Waals surface area contributed by atoms with Gasteiger partial charge in [0.1, 0.15) is 23.8 Å². The van der Waals surface area contributed by atoms with Gasteiger partial charge in [0, 0.05) is 0 Å². The van der Waals surface area contributed by atoms with Crippen molar-refractivity contribution < 1.29 is 23.1 Å². The quantitative estimate of drug-likeness (QED) is 0.846. The van der Waals surface area contributed by atoms with E-state index in [0.29, 0.717) is 6.92 Å². The van der Waals surface area contributed by atoms with Crippen LogP contribution in [0.2, 0.25) is 0 Å². The van der Waals surface area contributed by atoms with Gasteiger partial charge in [-0.25, -0.2) is 14.8 Å². The van der Waals surface area contributed by atoms with Gasteiger partial charge in [-0.3, -0.25) is 0 Å². The van der Waals surface area contributed by atoms with Crippen LogP contribution in [0.4, 0.5) is 19.0 Å². The van der Waals surface area contributed by atoms with Crippen LogP contribution in [-0.2, 0) is 4.79 Å². The van der Waals surface area contributed by atoms with Gasteiger partial charge in [0.15, 0.2) is 0 Å². The number of aliphatic carboxylic acids is 1. The monoisotopic (exact) mass is 260 g/mol. The SMILES string of the molecule is CC(Nc1ncncc1C#N)(C(=O)O)C(F)(F)F. The lowest BCUT2D eigenvalue weighted by molar-refractivity contribution is -0.192. The Kier molecular flexibility index (Phi) is 3.41. The molecule has 1 aromatic heterocycles. The van der Waals surface area contributed by atoms with Gasteiger partial charge in [-0.15, -0.1) is 0 Å². The van der Waals surface area contributed by atoms with E-state index in [1.165, 1.54) is 0 Å². The van der Waals surface area contributed by atoms with Crippen LogP contribution < -0.4 is 5.32 Å². The molecular formula is C9H7F3N4O2. The van der Waals surface area contributed by atoms with E-state index >= 15 is 0 Å². The summed E-state index contributed by atoms with van der Waals surface area (Å²) < 4.78 is 38.1. The highest BCUT2D eigenvalue weighted by Gasteiger charge is 2.58.